The lowest BCUT2D eigenvalue weighted by molar-refractivity contribution is 0.148. The number of hydrogen-bond donors (Lipinski definition) is 1. The molecule has 0 radical (unpaired) electrons. The Morgan fingerprint density at radius 2 is 2.26 bits per heavy atom. The van der Waals surface area contributed by atoms with E-state index in [9.17, 15) is 10.1 Å². The topological polar surface area (TPSA) is 79.9 Å². The number of alkyl carbamates (subject to hydrolysis) is 1. The van der Waals surface area contributed by atoms with Crippen molar-refractivity contribution in [3.8, 4) is 6.07 Å². The molecule has 1 aromatic carbocycles. The number of amides is 1. The number of nitriles is 1. The Hall–Kier alpha value is -3.33. The monoisotopic (exact) mass is 360 g/mol. The van der Waals surface area contributed by atoms with Gasteiger partial charge in [0, 0.05) is 35.3 Å². The van der Waals surface area contributed by atoms with Crippen molar-refractivity contribution >= 4 is 17.0 Å². The van der Waals surface area contributed by atoms with Crippen LogP contribution in [-0.4, -0.2) is 28.3 Å². The molecule has 1 atom stereocenters. The van der Waals surface area contributed by atoms with Gasteiger partial charge in [-0.2, -0.15) is 5.26 Å². The molecule has 0 aliphatic heterocycles. The van der Waals surface area contributed by atoms with Gasteiger partial charge in [0.2, 0.25) is 0 Å². The molecule has 136 valence electrons. The molecule has 6 nitrogen and oxygen atoms in total. The van der Waals surface area contributed by atoms with Crippen LogP contribution in [0, 0.1) is 11.3 Å². The SMILES string of the molecule is CCOC(=O)N[C@@H]1Cc2c(n(Cc3ccccn3)c3ccc(C#N)cc23)C1. The highest BCUT2D eigenvalue weighted by Crippen LogP contribution is 2.34. The second-order valence-corrected chi connectivity index (χ2v) is 6.65. The number of benzene rings is 1. The van der Waals surface area contributed by atoms with Crippen LogP contribution < -0.4 is 5.32 Å². The van der Waals surface area contributed by atoms with E-state index in [0.717, 1.165) is 29.4 Å². The lowest BCUT2D eigenvalue weighted by Crippen LogP contribution is -2.36. The summed E-state index contributed by atoms with van der Waals surface area (Å²) in [6.45, 7) is 2.80. The summed E-state index contributed by atoms with van der Waals surface area (Å²) in [7, 11) is 0. The molecular formula is C21H20N4O2. The fourth-order valence-electron chi connectivity index (χ4n) is 3.84. The van der Waals surface area contributed by atoms with E-state index >= 15 is 0 Å². The molecule has 0 bridgehead atoms. The van der Waals surface area contributed by atoms with Gasteiger partial charge in [0.05, 0.1) is 30.5 Å². The van der Waals surface area contributed by atoms with Crippen LogP contribution in [0.15, 0.2) is 42.6 Å². The number of rotatable bonds is 4. The van der Waals surface area contributed by atoms with Crippen molar-refractivity contribution in [2.45, 2.75) is 32.4 Å². The van der Waals surface area contributed by atoms with Crippen LogP contribution in [-0.2, 0) is 24.1 Å². The van der Waals surface area contributed by atoms with Crippen molar-refractivity contribution in [3.05, 3.63) is 65.1 Å². The summed E-state index contributed by atoms with van der Waals surface area (Å²) < 4.78 is 7.27. The van der Waals surface area contributed by atoms with Crippen molar-refractivity contribution in [3.63, 3.8) is 0 Å². The Morgan fingerprint density at radius 3 is 3.00 bits per heavy atom. The van der Waals surface area contributed by atoms with Crippen LogP contribution >= 0.6 is 0 Å². The number of fused-ring (bicyclic) bond motifs is 3. The molecule has 4 rings (SSSR count). The molecule has 27 heavy (non-hydrogen) atoms. The maximum Gasteiger partial charge on any atom is 0.407 e. The predicted molar refractivity (Wildman–Crippen MR) is 101 cm³/mol. The second-order valence-electron chi connectivity index (χ2n) is 6.65. The van der Waals surface area contributed by atoms with Gasteiger partial charge in [-0.05, 0) is 49.2 Å². The summed E-state index contributed by atoms with van der Waals surface area (Å²) in [6, 6.07) is 13.9. The summed E-state index contributed by atoms with van der Waals surface area (Å²) in [5.41, 5.74) is 5.09. The predicted octanol–water partition coefficient (Wildman–Crippen LogP) is 3.17. The average molecular weight is 360 g/mol. The van der Waals surface area contributed by atoms with E-state index in [1.807, 2.05) is 36.4 Å². The maximum absolute atomic E-state index is 11.8. The number of hydrogen-bond acceptors (Lipinski definition) is 4. The molecular weight excluding hydrogens is 340 g/mol. The van der Waals surface area contributed by atoms with E-state index in [-0.39, 0.29) is 12.1 Å². The van der Waals surface area contributed by atoms with E-state index in [2.05, 4.69) is 20.9 Å². The van der Waals surface area contributed by atoms with Gasteiger partial charge in [-0.1, -0.05) is 6.07 Å². The quantitative estimate of drug-likeness (QED) is 0.775. The minimum Gasteiger partial charge on any atom is -0.450 e. The summed E-state index contributed by atoms with van der Waals surface area (Å²) in [5, 5.41) is 13.3. The van der Waals surface area contributed by atoms with E-state index in [4.69, 9.17) is 4.74 Å². The number of nitrogens with zero attached hydrogens (tertiary/aromatic N) is 3. The molecule has 0 saturated heterocycles. The first kappa shape index (κ1) is 17.1. The number of ether oxygens (including phenoxy) is 1. The Morgan fingerprint density at radius 1 is 1.37 bits per heavy atom. The largest absolute Gasteiger partial charge is 0.450 e. The highest BCUT2D eigenvalue weighted by atomic mass is 16.5. The average Bonchev–Trinajstić information content (AvgIpc) is 3.20. The Labute approximate surface area is 157 Å². The van der Waals surface area contributed by atoms with Crippen LogP contribution in [0.5, 0.6) is 0 Å². The minimum atomic E-state index is -0.383. The van der Waals surface area contributed by atoms with Crippen LogP contribution in [0.3, 0.4) is 0 Å². The Kier molecular flexibility index (Phi) is 4.51. The Balaban J connectivity index is 1.73. The van der Waals surface area contributed by atoms with Gasteiger partial charge in [-0.25, -0.2) is 4.79 Å². The van der Waals surface area contributed by atoms with Crippen molar-refractivity contribution in [1.29, 1.82) is 5.26 Å². The zero-order valence-electron chi connectivity index (χ0n) is 15.1. The summed E-state index contributed by atoms with van der Waals surface area (Å²) in [6.07, 6.45) is 2.87. The van der Waals surface area contributed by atoms with Crippen LogP contribution in [0.1, 0.15) is 29.4 Å². The number of pyridine rings is 1. The molecule has 0 fully saturated rings. The summed E-state index contributed by atoms with van der Waals surface area (Å²) in [4.78, 5) is 16.3. The fraction of sp³-hybridized carbons (Fsp3) is 0.286. The van der Waals surface area contributed by atoms with Gasteiger partial charge in [-0.3, -0.25) is 4.98 Å². The fourth-order valence-corrected chi connectivity index (χ4v) is 3.84. The minimum absolute atomic E-state index is 0.000764. The molecule has 6 heteroatoms. The molecule has 0 saturated carbocycles. The van der Waals surface area contributed by atoms with Crippen LogP contribution in [0.25, 0.3) is 10.9 Å². The summed E-state index contributed by atoms with van der Waals surface area (Å²) >= 11 is 0. The van der Waals surface area contributed by atoms with Crippen LogP contribution in [0.4, 0.5) is 4.79 Å². The standard InChI is InChI=1S/C21H20N4O2/c1-2-27-21(26)24-16-10-18-17-9-14(12-22)6-7-19(17)25(20(18)11-16)13-15-5-3-4-8-23-15/h3-9,16H,2,10-11,13H2,1H3,(H,24,26)/t16-/m1/s1. The highest BCUT2D eigenvalue weighted by Gasteiger charge is 2.30. The molecule has 2 aromatic heterocycles. The number of carbonyl (C=O) groups excluding carboxylic acids is 1. The van der Waals surface area contributed by atoms with Gasteiger partial charge < -0.3 is 14.6 Å². The van der Waals surface area contributed by atoms with E-state index in [1.165, 1.54) is 11.3 Å². The van der Waals surface area contributed by atoms with Crippen LogP contribution in [0.2, 0.25) is 0 Å². The third-order valence-corrected chi connectivity index (χ3v) is 4.95. The van der Waals surface area contributed by atoms with Gasteiger partial charge in [0.1, 0.15) is 0 Å². The first-order chi connectivity index (χ1) is 13.2. The zero-order valence-corrected chi connectivity index (χ0v) is 15.1. The molecule has 2 heterocycles. The molecule has 1 aliphatic rings. The third-order valence-electron chi connectivity index (χ3n) is 4.95. The molecule has 1 N–H and O–H groups in total. The second kappa shape index (κ2) is 7.12. The van der Waals surface area contributed by atoms with Crippen molar-refractivity contribution < 1.29 is 9.53 Å². The molecule has 0 unspecified atom stereocenters. The van der Waals surface area contributed by atoms with E-state index < -0.39 is 0 Å². The van der Waals surface area contributed by atoms with E-state index in [1.54, 1.807) is 13.1 Å². The van der Waals surface area contributed by atoms with Crippen molar-refractivity contribution in [2.75, 3.05) is 6.61 Å². The third kappa shape index (κ3) is 3.24. The van der Waals surface area contributed by atoms with Gasteiger partial charge in [0.15, 0.2) is 0 Å². The van der Waals surface area contributed by atoms with Gasteiger partial charge in [-0.15, -0.1) is 0 Å². The first-order valence-electron chi connectivity index (χ1n) is 9.07. The highest BCUT2D eigenvalue weighted by molar-refractivity contribution is 5.88. The maximum atomic E-state index is 11.8. The lowest BCUT2D eigenvalue weighted by atomic mass is 10.1. The smallest absolute Gasteiger partial charge is 0.407 e. The molecule has 1 amide bonds. The Bertz CT molecular complexity index is 1030. The normalized spacial score (nSPS) is 15.3. The first-order valence-corrected chi connectivity index (χ1v) is 9.07. The lowest BCUT2D eigenvalue weighted by Gasteiger charge is -2.14. The number of nitrogens with one attached hydrogen (secondary N) is 1. The van der Waals surface area contributed by atoms with Crippen molar-refractivity contribution in [2.24, 2.45) is 0 Å². The van der Waals surface area contributed by atoms with E-state index in [0.29, 0.717) is 18.7 Å². The van der Waals surface area contributed by atoms with Gasteiger partial charge >= 0.3 is 6.09 Å². The zero-order chi connectivity index (χ0) is 18.8. The molecule has 0 spiro atoms. The molecule has 3 aromatic rings. The van der Waals surface area contributed by atoms with Gasteiger partial charge in [0.25, 0.3) is 0 Å². The summed E-state index contributed by atoms with van der Waals surface area (Å²) in [5.74, 6) is 0. The number of aromatic nitrogens is 2. The number of carbonyl (C=O) groups is 1. The van der Waals surface area contributed by atoms with Crippen molar-refractivity contribution in [1.82, 2.24) is 14.9 Å². The molecule has 1 aliphatic carbocycles.